The van der Waals surface area contributed by atoms with Crippen LogP contribution in [0.1, 0.15) is 0 Å². The number of nitrogens with two attached hydrogens (primary N) is 1. The van der Waals surface area contributed by atoms with Gasteiger partial charge in [0, 0.05) is 22.9 Å². The standard InChI is InChI=1S/C10H14BrFN2S/c1-14(2)3-4-15-10-6-8(12)7(11)5-9(10)13/h5-6H,3-4,13H2,1-2H3. The zero-order valence-electron chi connectivity index (χ0n) is 8.76. The van der Waals surface area contributed by atoms with Crippen molar-refractivity contribution in [1.29, 1.82) is 0 Å². The molecule has 0 radical (unpaired) electrons. The summed E-state index contributed by atoms with van der Waals surface area (Å²) >= 11 is 4.67. The Bertz CT molecular complexity index is 344. The highest BCUT2D eigenvalue weighted by molar-refractivity contribution is 9.10. The van der Waals surface area contributed by atoms with Crippen LogP contribution in [-0.4, -0.2) is 31.3 Å². The molecule has 0 fully saturated rings. The summed E-state index contributed by atoms with van der Waals surface area (Å²) in [5.74, 6) is 0.634. The van der Waals surface area contributed by atoms with Gasteiger partial charge in [-0.05, 0) is 42.2 Å². The predicted octanol–water partition coefficient (Wildman–Crippen LogP) is 2.82. The van der Waals surface area contributed by atoms with Crippen LogP contribution in [0.5, 0.6) is 0 Å². The molecule has 1 aromatic carbocycles. The third kappa shape index (κ3) is 4.01. The van der Waals surface area contributed by atoms with Crippen LogP contribution in [-0.2, 0) is 0 Å². The molecule has 0 amide bonds. The van der Waals surface area contributed by atoms with Crippen LogP contribution in [0, 0.1) is 5.82 Å². The van der Waals surface area contributed by atoms with Crippen molar-refractivity contribution < 1.29 is 4.39 Å². The maximum absolute atomic E-state index is 13.2. The van der Waals surface area contributed by atoms with Crippen molar-refractivity contribution in [3.8, 4) is 0 Å². The summed E-state index contributed by atoms with van der Waals surface area (Å²) in [6, 6.07) is 3.08. The molecule has 0 aliphatic carbocycles. The highest BCUT2D eigenvalue weighted by atomic mass is 79.9. The second-order valence-electron chi connectivity index (χ2n) is 3.46. The fourth-order valence-electron chi connectivity index (χ4n) is 1.01. The van der Waals surface area contributed by atoms with E-state index in [-0.39, 0.29) is 5.82 Å². The zero-order chi connectivity index (χ0) is 11.4. The van der Waals surface area contributed by atoms with Gasteiger partial charge in [0.2, 0.25) is 0 Å². The van der Waals surface area contributed by atoms with Gasteiger partial charge in [-0.25, -0.2) is 4.39 Å². The Hall–Kier alpha value is -0.260. The second-order valence-corrected chi connectivity index (χ2v) is 5.45. The maximum Gasteiger partial charge on any atom is 0.138 e. The van der Waals surface area contributed by atoms with Crippen LogP contribution in [0.4, 0.5) is 10.1 Å². The first-order chi connectivity index (χ1) is 7.00. The molecule has 84 valence electrons. The van der Waals surface area contributed by atoms with E-state index in [0.29, 0.717) is 10.2 Å². The highest BCUT2D eigenvalue weighted by Gasteiger charge is 2.06. The molecule has 2 N–H and O–H groups in total. The smallest absolute Gasteiger partial charge is 0.138 e. The number of hydrogen-bond acceptors (Lipinski definition) is 3. The largest absolute Gasteiger partial charge is 0.398 e. The third-order valence-corrected chi connectivity index (χ3v) is 3.51. The van der Waals surface area contributed by atoms with E-state index in [2.05, 4.69) is 20.8 Å². The van der Waals surface area contributed by atoms with E-state index in [0.717, 1.165) is 17.2 Å². The Morgan fingerprint density at radius 3 is 2.73 bits per heavy atom. The minimum Gasteiger partial charge on any atom is -0.398 e. The van der Waals surface area contributed by atoms with Gasteiger partial charge >= 0.3 is 0 Å². The van der Waals surface area contributed by atoms with Gasteiger partial charge in [0.05, 0.1) is 4.47 Å². The Labute approximate surface area is 102 Å². The summed E-state index contributed by atoms with van der Waals surface area (Å²) in [7, 11) is 4.01. The summed E-state index contributed by atoms with van der Waals surface area (Å²) in [6.07, 6.45) is 0. The molecule has 0 atom stereocenters. The van der Waals surface area contributed by atoms with Crippen molar-refractivity contribution in [2.75, 3.05) is 32.1 Å². The van der Waals surface area contributed by atoms with E-state index >= 15 is 0 Å². The molecule has 0 aromatic heterocycles. The first kappa shape index (κ1) is 12.8. The molecule has 5 heteroatoms. The Balaban J connectivity index is 2.65. The topological polar surface area (TPSA) is 29.3 Å². The third-order valence-electron chi connectivity index (χ3n) is 1.85. The molecule has 0 bridgehead atoms. The molecule has 2 nitrogen and oxygen atoms in total. The lowest BCUT2D eigenvalue weighted by molar-refractivity contribution is 0.437. The normalized spacial score (nSPS) is 11.0. The van der Waals surface area contributed by atoms with Crippen molar-refractivity contribution in [2.24, 2.45) is 0 Å². The van der Waals surface area contributed by atoms with Crippen LogP contribution in [0.25, 0.3) is 0 Å². The molecule has 0 saturated heterocycles. The molecule has 0 aliphatic heterocycles. The summed E-state index contributed by atoms with van der Waals surface area (Å²) < 4.78 is 13.6. The fourth-order valence-corrected chi connectivity index (χ4v) is 2.46. The lowest BCUT2D eigenvalue weighted by Crippen LogP contribution is -2.14. The average molecular weight is 293 g/mol. The molecular formula is C10H14BrFN2S. The van der Waals surface area contributed by atoms with Crippen LogP contribution in [0.3, 0.4) is 0 Å². The van der Waals surface area contributed by atoms with Crippen LogP contribution in [0.15, 0.2) is 21.5 Å². The van der Waals surface area contributed by atoms with Crippen LogP contribution < -0.4 is 5.73 Å². The van der Waals surface area contributed by atoms with E-state index in [4.69, 9.17) is 5.73 Å². The number of halogens is 2. The zero-order valence-corrected chi connectivity index (χ0v) is 11.2. The van der Waals surface area contributed by atoms with Gasteiger partial charge in [-0.15, -0.1) is 11.8 Å². The van der Waals surface area contributed by atoms with E-state index in [9.17, 15) is 4.39 Å². The number of anilines is 1. The lowest BCUT2D eigenvalue weighted by Gasteiger charge is -2.10. The van der Waals surface area contributed by atoms with Crippen molar-refractivity contribution in [2.45, 2.75) is 4.90 Å². The molecular weight excluding hydrogens is 279 g/mol. The number of nitrogen functional groups attached to an aromatic ring is 1. The number of nitrogens with zero attached hydrogens (tertiary/aromatic N) is 1. The summed E-state index contributed by atoms with van der Waals surface area (Å²) in [4.78, 5) is 2.89. The first-order valence-corrected chi connectivity index (χ1v) is 6.30. The van der Waals surface area contributed by atoms with Gasteiger partial charge in [-0.1, -0.05) is 0 Å². The minimum absolute atomic E-state index is 0.267. The number of rotatable bonds is 4. The fraction of sp³-hybridized carbons (Fsp3) is 0.400. The van der Waals surface area contributed by atoms with Gasteiger partial charge in [-0.3, -0.25) is 0 Å². The molecule has 0 heterocycles. The van der Waals surface area contributed by atoms with Crippen LogP contribution >= 0.6 is 27.7 Å². The summed E-state index contributed by atoms with van der Waals surface area (Å²) in [6.45, 7) is 0.946. The van der Waals surface area contributed by atoms with E-state index < -0.39 is 0 Å². The second kappa shape index (κ2) is 5.72. The Kier molecular flexibility index (Phi) is 4.89. The molecule has 1 rings (SSSR count). The monoisotopic (exact) mass is 292 g/mol. The molecule has 0 saturated carbocycles. The molecule has 0 spiro atoms. The van der Waals surface area contributed by atoms with Gasteiger partial charge in [0.15, 0.2) is 0 Å². The molecule has 1 aromatic rings. The number of thioether (sulfide) groups is 1. The number of benzene rings is 1. The summed E-state index contributed by atoms with van der Waals surface area (Å²) in [5, 5.41) is 0. The minimum atomic E-state index is -0.267. The van der Waals surface area contributed by atoms with Gasteiger partial charge in [-0.2, -0.15) is 0 Å². The van der Waals surface area contributed by atoms with Crippen molar-refractivity contribution in [3.63, 3.8) is 0 Å². The van der Waals surface area contributed by atoms with E-state index in [1.54, 1.807) is 17.8 Å². The SMILES string of the molecule is CN(C)CCSc1cc(F)c(Br)cc1N. The van der Waals surface area contributed by atoms with Crippen molar-refractivity contribution >= 4 is 33.4 Å². The molecule has 0 unspecified atom stereocenters. The maximum atomic E-state index is 13.2. The predicted molar refractivity (Wildman–Crippen MR) is 67.8 cm³/mol. The van der Waals surface area contributed by atoms with Gasteiger partial charge in [0.25, 0.3) is 0 Å². The van der Waals surface area contributed by atoms with Crippen molar-refractivity contribution in [1.82, 2.24) is 4.90 Å². The Morgan fingerprint density at radius 1 is 1.47 bits per heavy atom. The van der Waals surface area contributed by atoms with E-state index in [1.807, 2.05) is 14.1 Å². The number of hydrogen-bond donors (Lipinski definition) is 1. The molecule has 0 aliphatic rings. The lowest BCUT2D eigenvalue weighted by atomic mass is 10.3. The van der Waals surface area contributed by atoms with Crippen molar-refractivity contribution in [3.05, 3.63) is 22.4 Å². The average Bonchev–Trinajstić information content (AvgIpc) is 2.13. The first-order valence-electron chi connectivity index (χ1n) is 4.52. The highest BCUT2D eigenvalue weighted by Crippen LogP contribution is 2.29. The quantitative estimate of drug-likeness (QED) is 0.684. The summed E-state index contributed by atoms with van der Waals surface area (Å²) in [5.41, 5.74) is 6.39. The van der Waals surface area contributed by atoms with Gasteiger partial charge < -0.3 is 10.6 Å². The van der Waals surface area contributed by atoms with E-state index in [1.165, 1.54) is 6.07 Å². The molecule has 15 heavy (non-hydrogen) atoms. The van der Waals surface area contributed by atoms with Crippen LogP contribution in [0.2, 0.25) is 0 Å². The van der Waals surface area contributed by atoms with Gasteiger partial charge in [0.1, 0.15) is 5.82 Å². The Morgan fingerprint density at radius 2 is 2.13 bits per heavy atom.